The molecule has 1 N–H and O–H groups in total. The van der Waals surface area contributed by atoms with E-state index in [4.69, 9.17) is 0 Å². The van der Waals surface area contributed by atoms with Gasteiger partial charge in [-0.05, 0) is 52.2 Å². The topological polar surface area (TPSA) is 35.6 Å². The average Bonchev–Trinajstić information content (AvgIpc) is 2.85. The number of rotatable bonds is 5. The highest BCUT2D eigenvalue weighted by molar-refractivity contribution is 5.83. The smallest absolute Gasteiger partial charge is 0.229 e. The molecule has 2 unspecified atom stereocenters. The van der Waals surface area contributed by atoms with Crippen LogP contribution in [0.5, 0.6) is 0 Å². The number of likely N-dealkylation sites (tertiary alicyclic amines) is 1. The Bertz CT molecular complexity index is 320. The molecule has 4 nitrogen and oxygen atoms in total. The second-order valence-electron chi connectivity index (χ2n) is 6.77. The van der Waals surface area contributed by atoms with Gasteiger partial charge in [-0.3, -0.25) is 4.79 Å². The predicted molar refractivity (Wildman–Crippen MR) is 82.7 cm³/mol. The number of hydrogen-bond donors (Lipinski definition) is 1. The van der Waals surface area contributed by atoms with Gasteiger partial charge >= 0.3 is 0 Å². The monoisotopic (exact) mass is 281 g/mol. The van der Waals surface area contributed by atoms with Crippen LogP contribution in [0.15, 0.2) is 0 Å². The maximum absolute atomic E-state index is 13.0. The first-order valence-corrected chi connectivity index (χ1v) is 8.25. The van der Waals surface area contributed by atoms with Crippen LogP contribution in [0.1, 0.15) is 45.4 Å². The lowest BCUT2D eigenvalue weighted by Gasteiger charge is -2.40. The number of carbonyl (C=O) groups is 1. The molecule has 0 aromatic heterocycles. The first-order chi connectivity index (χ1) is 9.59. The summed E-state index contributed by atoms with van der Waals surface area (Å²) in [7, 11) is 4.18. The molecule has 0 bridgehead atoms. The summed E-state index contributed by atoms with van der Waals surface area (Å²) in [5, 5.41) is 3.44. The molecule has 0 aromatic rings. The molecule has 2 fully saturated rings. The SMILES string of the molecule is CCCC1(C(=O)N(C)CC2CCCN2C)CCCNC1. The van der Waals surface area contributed by atoms with E-state index in [2.05, 4.69) is 24.2 Å². The van der Waals surface area contributed by atoms with Crippen LogP contribution in [-0.2, 0) is 4.79 Å². The van der Waals surface area contributed by atoms with E-state index in [-0.39, 0.29) is 5.41 Å². The standard InChI is InChI=1S/C16H31N3O/c1-4-8-16(9-6-10-17-13-16)15(20)19(3)12-14-7-5-11-18(14)2/h14,17H,4-13H2,1-3H3. The average molecular weight is 281 g/mol. The van der Waals surface area contributed by atoms with Crippen LogP contribution in [0.4, 0.5) is 0 Å². The predicted octanol–water partition coefficient (Wildman–Crippen LogP) is 1.71. The normalized spacial score (nSPS) is 31.4. The fourth-order valence-corrected chi connectivity index (χ4v) is 3.96. The Kier molecular flexibility index (Phi) is 5.44. The summed E-state index contributed by atoms with van der Waals surface area (Å²) in [5.41, 5.74) is -0.140. The van der Waals surface area contributed by atoms with Crippen molar-refractivity contribution in [1.82, 2.24) is 15.1 Å². The molecule has 2 rings (SSSR count). The molecular formula is C16H31N3O. The third kappa shape index (κ3) is 3.34. The van der Waals surface area contributed by atoms with Crippen molar-refractivity contribution in [1.29, 1.82) is 0 Å². The molecule has 116 valence electrons. The molecule has 2 atom stereocenters. The zero-order valence-corrected chi connectivity index (χ0v) is 13.5. The Morgan fingerprint density at radius 1 is 1.45 bits per heavy atom. The lowest BCUT2D eigenvalue weighted by atomic mass is 9.75. The van der Waals surface area contributed by atoms with Crippen molar-refractivity contribution in [3.05, 3.63) is 0 Å². The molecule has 4 heteroatoms. The van der Waals surface area contributed by atoms with Gasteiger partial charge in [-0.1, -0.05) is 13.3 Å². The van der Waals surface area contributed by atoms with E-state index in [0.717, 1.165) is 45.3 Å². The Labute approximate surface area is 123 Å². The van der Waals surface area contributed by atoms with Crippen LogP contribution in [0.25, 0.3) is 0 Å². The van der Waals surface area contributed by atoms with Gasteiger partial charge in [-0.2, -0.15) is 0 Å². The summed E-state index contributed by atoms with van der Waals surface area (Å²) in [5.74, 6) is 0.367. The molecule has 0 saturated carbocycles. The molecule has 2 aliphatic rings. The van der Waals surface area contributed by atoms with Crippen molar-refractivity contribution in [3.8, 4) is 0 Å². The number of amides is 1. The van der Waals surface area contributed by atoms with E-state index in [9.17, 15) is 4.79 Å². The number of nitrogens with zero attached hydrogens (tertiary/aromatic N) is 2. The largest absolute Gasteiger partial charge is 0.344 e. The fraction of sp³-hybridized carbons (Fsp3) is 0.938. The van der Waals surface area contributed by atoms with Gasteiger partial charge in [0.25, 0.3) is 0 Å². The third-order valence-corrected chi connectivity index (χ3v) is 5.16. The highest BCUT2D eigenvalue weighted by Crippen LogP contribution is 2.34. The van der Waals surface area contributed by atoms with Gasteiger partial charge < -0.3 is 15.1 Å². The molecule has 1 amide bonds. The summed E-state index contributed by atoms with van der Waals surface area (Å²) in [4.78, 5) is 17.4. The van der Waals surface area contributed by atoms with Crippen LogP contribution in [0, 0.1) is 5.41 Å². The summed E-state index contributed by atoms with van der Waals surface area (Å²) < 4.78 is 0. The molecule has 2 heterocycles. The van der Waals surface area contributed by atoms with Gasteiger partial charge in [0.15, 0.2) is 0 Å². The van der Waals surface area contributed by atoms with Crippen molar-refractivity contribution >= 4 is 5.91 Å². The highest BCUT2D eigenvalue weighted by Gasteiger charge is 2.41. The van der Waals surface area contributed by atoms with Gasteiger partial charge in [0, 0.05) is 26.2 Å². The number of likely N-dealkylation sites (N-methyl/N-ethyl adjacent to an activating group) is 2. The number of nitrogens with one attached hydrogen (secondary N) is 1. The van der Waals surface area contributed by atoms with E-state index in [1.54, 1.807) is 0 Å². The first-order valence-electron chi connectivity index (χ1n) is 8.25. The van der Waals surface area contributed by atoms with Gasteiger partial charge in [-0.15, -0.1) is 0 Å². The van der Waals surface area contributed by atoms with Crippen LogP contribution >= 0.6 is 0 Å². The van der Waals surface area contributed by atoms with Gasteiger partial charge in [-0.25, -0.2) is 0 Å². The van der Waals surface area contributed by atoms with Crippen molar-refractivity contribution in [2.45, 2.75) is 51.5 Å². The maximum atomic E-state index is 13.0. The van der Waals surface area contributed by atoms with E-state index >= 15 is 0 Å². The summed E-state index contributed by atoms with van der Waals surface area (Å²) in [6.07, 6.45) is 6.78. The van der Waals surface area contributed by atoms with Gasteiger partial charge in [0.1, 0.15) is 0 Å². The second-order valence-corrected chi connectivity index (χ2v) is 6.77. The number of carbonyl (C=O) groups excluding carboxylic acids is 1. The van der Waals surface area contributed by atoms with Crippen LogP contribution in [-0.4, -0.2) is 62.0 Å². The molecule has 20 heavy (non-hydrogen) atoms. The number of piperidine rings is 1. The molecule has 2 aliphatic heterocycles. The third-order valence-electron chi connectivity index (χ3n) is 5.16. The lowest BCUT2D eigenvalue weighted by Crippen LogP contribution is -2.52. The minimum Gasteiger partial charge on any atom is -0.344 e. The fourth-order valence-electron chi connectivity index (χ4n) is 3.96. The van der Waals surface area contributed by atoms with E-state index in [1.165, 1.54) is 19.4 Å². The first kappa shape index (κ1) is 15.8. The Morgan fingerprint density at radius 3 is 2.80 bits per heavy atom. The number of hydrogen-bond acceptors (Lipinski definition) is 3. The Hall–Kier alpha value is -0.610. The minimum atomic E-state index is -0.140. The molecule has 2 saturated heterocycles. The van der Waals surface area contributed by atoms with Gasteiger partial charge in [0.2, 0.25) is 5.91 Å². The maximum Gasteiger partial charge on any atom is 0.229 e. The molecule has 0 aromatic carbocycles. The molecule has 0 radical (unpaired) electrons. The summed E-state index contributed by atoms with van der Waals surface area (Å²) in [6.45, 7) is 6.18. The zero-order valence-electron chi connectivity index (χ0n) is 13.5. The summed E-state index contributed by atoms with van der Waals surface area (Å²) >= 11 is 0. The second kappa shape index (κ2) is 6.90. The van der Waals surface area contributed by atoms with E-state index in [0.29, 0.717) is 11.9 Å². The molecular weight excluding hydrogens is 250 g/mol. The van der Waals surface area contributed by atoms with E-state index < -0.39 is 0 Å². The van der Waals surface area contributed by atoms with Crippen molar-refractivity contribution in [2.24, 2.45) is 5.41 Å². The van der Waals surface area contributed by atoms with Crippen LogP contribution < -0.4 is 5.32 Å². The minimum absolute atomic E-state index is 0.140. The van der Waals surface area contributed by atoms with Crippen LogP contribution in [0.3, 0.4) is 0 Å². The van der Waals surface area contributed by atoms with Crippen molar-refractivity contribution in [3.63, 3.8) is 0 Å². The highest BCUT2D eigenvalue weighted by atomic mass is 16.2. The quantitative estimate of drug-likeness (QED) is 0.833. The Morgan fingerprint density at radius 2 is 2.25 bits per heavy atom. The lowest BCUT2D eigenvalue weighted by molar-refractivity contribution is -0.143. The van der Waals surface area contributed by atoms with Crippen LogP contribution in [0.2, 0.25) is 0 Å². The molecule has 0 spiro atoms. The summed E-state index contributed by atoms with van der Waals surface area (Å²) in [6, 6.07) is 0.555. The zero-order chi connectivity index (χ0) is 14.6. The van der Waals surface area contributed by atoms with Crippen molar-refractivity contribution < 1.29 is 4.79 Å². The Balaban J connectivity index is 1.99. The van der Waals surface area contributed by atoms with Gasteiger partial charge in [0.05, 0.1) is 5.41 Å². The van der Waals surface area contributed by atoms with Crippen molar-refractivity contribution in [2.75, 3.05) is 40.3 Å². The molecule has 0 aliphatic carbocycles. The van der Waals surface area contributed by atoms with E-state index in [1.807, 2.05) is 11.9 Å².